The lowest BCUT2D eigenvalue weighted by atomic mass is 9.84. The van der Waals surface area contributed by atoms with Gasteiger partial charge >= 0.3 is 0 Å². The predicted molar refractivity (Wildman–Crippen MR) is 74.9 cm³/mol. The number of aryl methyl sites for hydroxylation is 1. The van der Waals surface area contributed by atoms with Gasteiger partial charge in [-0.05, 0) is 50.9 Å². The Hall–Kier alpha value is -1.62. The molecule has 5 rings (SSSR count). The number of rotatable bonds is 1. The molecule has 2 aromatic rings. The highest BCUT2D eigenvalue weighted by Gasteiger charge is 2.36. The Balaban J connectivity index is 1.86. The number of pyridine rings is 1. The molecule has 0 radical (unpaired) electrons. The number of fused-ring (bicyclic) bond motifs is 4. The molecular formula is C14H19N5. The van der Waals surface area contributed by atoms with Gasteiger partial charge in [0, 0.05) is 12.2 Å². The van der Waals surface area contributed by atoms with Gasteiger partial charge in [-0.3, -0.25) is 4.57 Å². The number of nitrogens with zero attached hydrogens (tertiary/aromatic N) is 4. The number of hydrogen-bond donors (Lipinski definition) is 1. The second kappa shape index (κ2) is 3.93. The molecule has 0 amide bonds. The van der Waals surface area contributed by atoms with Crippen molar-refractivity contribution in [3.8, 4) is 0 Å². The summed E-state index contributed by atoms with van der Waals surface area (Å²) >= 11 is 0. The molecule has 0 aliphatic carbocycles. The Bertz CT molecular complexity index is 624. The zero-order chi connectivity index (χ0) is 13.0. The molecule has 2 bridgehead atoms. The molecule has 3 aliphatic rings. The minimum absolute atomic E-state index is 0.446. The molecule has 100 valence electrons. The van der Waals surface area contributed by atoms with Crippen molar-refractivity contribution < 1.29 is 0 Å². The molecular weight excluding hydrogens is 238 g/mol. The molecule has 1 atom stereocenters. The molecule has 0 saturated carbocycles. The third-order valence-electron chi connectivity index (χ3n) is 4.66. The van der Waals surface area contributed by atoms with Crippen LogP contribution in [0.25, 0.3) is 11.2 Å². The summed E-state index contributed by atoms with van der Waals surface area (Å²) in [7, 11) is 0. The smallest absolute Gasteiger partial charge is 0.202 e. The molecule has 5 heterocycles. The normalized spacial score (nSPS) is 30.1. The van der Waals surface area contributed by atoms with Gasteiger partial charge in [0.15, 0.2) is 5.65 Å². The van der Waals surface area contributed by atoms with Crippen molar-refractivity contribution in [1.29, 1.82) is 0 Å². The van der Waals surface area contributed by atoms with Gasteiger partial charge in [0.05, 0.1) is 6.04 Å². The van der Waals surface area contributed by atoms with Crippen LogP contribution >= 0.6 is 0 Å². The predicted octanol–water partition coefficient (Wildman–Crippen LogP) is 1.59. The molecule has 3 fully saturated rings. The standard InChI is InChI=1S/C14H19N5/c1-9-2-3-11-13(16-9)19(14(15)17-11)12-8-18-6-4-10(12)5-7-18/h2-3,10,12H,4-8H2,1H3,(H2,15,17). The van der Waals surface area contributed by atoms with Crippen LogP contribution in [0.5, 0.6) is 0 Å². The van der Waals surface area contributed by atoms with Gasteiger partial charge in [-0.15, -0.1) is 0 Å². The Morgan fingerprint density at radius 1 is 1.21 bits per heavy atom. The summed E-state index contributed by atoms with van der Waals surface area (Å²) in [6.07, 6.45) is 2.55. The van der Waals surface area contributed by atoms with E-state index in [1.54, 1.807) is 0 Å². The summed E-state index contributed by atoms with van der Waals surface area (Å²) in [6.45, 7) is 5.58. The van der Waals surface area contributed by atoms with Crippen LogP contribution in [-0.4, -0.2) is 39.1 Å². The van der Waals surface area contributed by atoms with Crippen LogP contribution in [0.3, 0.4) is 0 Å². The van der Waals surface area contributed by atoms with E-state index in [9.17, 15) is 0 Å². The summed E-state index contributed by atoms with van der Waals surface area (Å²) in [5.41, 5.74) is 9.05. The Morgan fingerprint density at radius 2 is 2.00 bits per heavy atom. The van der Waals surface area contributed by atoms with Crippen molar-refractivity contribution in [2.24, 2.45) is 5.92 Å². The molecule has 0 spiro atoms. The first-order chi connectivity index (χ1) is 9.22. The summed E-state index contributed by atoms with van der Waals surface area (Å²) in [6, 6.07) is 4.46. The molecule has 5 heteroatoms. The zero-order valence-electron chi connectivity index (χ0n) is 11.2. The van der Waals surface area contributed by atoms with E-state index in [1.165, 1.54) is 25.9 Å². The Kier molecular flexibility index (Phi) is 2.33. The van der Waals surface area contributed by atoms with E-state index < -0.39 is 0 Å². The first-order valence-corrected chi connectivity index (χ1v) is 7.06. The second-order valence-corrected chi connectivity index (χ2v) is 5.84. The molecule has 0 aromatic carbocycles. The van der Waals surface area contributed by atoms with Gasteiger partial charge in [-0.1, -0.05) is 0 Å². The lowest BCUT2D eigenvalue weighted by molar-refractivity contribution is 0.0595. The zero-order valence-corrected chi connectivity index (χ0v) is 11.2. The largest absolute Gasteiger partial charge is 0.369 e. The fourth-order valence-corrected chi connectivity index (χ4v) is 3.64. The summed E-state index contributed by atoms with van der Waals surface area (Å²) in [4.78, 5) is 11.7. The minimum atomic E-state index is 0.446. The Morgan fingerprint density at radius 3 is 2.68 bits per heavy atom. The van der Waals surface area contributed by atoms with E-state index in [4.69, 9.17) is 5.73 Å². The average molecular weight is 257 g/mol. The molecule has 3 saturated heterocycles. The third-order valence-corrected chi connectivity index (χ3v) is 4.66. The number of aromatic nitrogens is 3. The first-order valence-electron chi connectivity index (χ1n) is 7.06. The van der Waals surface area contributed by atoms with Gasteiger partial charge in [-0.2, -0.15) is 0 Å². The van der Waals surface area contributed by atoms with Gasteiger partial charge in [-0.25, -0.2) is 9.97 Å². The van der Waals surface area contributed by atoms with E-state index in [0.29, 0.717) is 12.0 Å². The van der Waals surface area contributed by atoms with Crippen molar-refractivity contribution in [2.75, 3.05) is 25.4 Å². The number of nitrogen functional groups attached to an aromatic ring is 1. The van der Waals surface area contributed by atoms with Crippen LogP contribution in [0.15, 0.2) is 12.1 Å². The van der Waals surface area contributed by atoms with E-state index in [-0.39, 0.29) is 0 Å². The maximum atomic E-state index is 6.16. The maximum Gasteiger partial charge on any atom is 0.202 e. The van der Waals surface area contributed by atoms with Crippen LogP contribution in [0.1, 0.15) is 24.6 Å². The lowest BCUT2D eigenvalue weighted by Crippen LogP contribution is -2.48. The quantitative estimate of drug-likeness (QED) is 0.842. The maximum absolute atomic E-state index is 6.16. The number of piperidine rings is 3. The van der Waals surface area contributed by atoms with E-state index in [0.717, 1.165) is 29.3 Å². The van der Waals surface area contributed by atoms with Crippen molar-refractivity contribution in [1.82, 2.24) is 19.4 Å². The van der Waals surface area contributed by atoms with Gasteiger partial charge < -0.3 is 10.6 Å². The Labute approximate surface area is 112 Å². The summed E-state index contributed by atoms with van der Waals surface area (Å²) < 4.78 is 2.18. The fraction of sp³-hybridized carbons (Fsp3) is 0.571. The highest BCUT2D eigenvalue weighted by atomic mass is 15.3. The second-order valence-electron chi connectivity index (χ2n) is 5.84. The van der Waals surface area contributed by atoms with E-state index in [1.807, 2.05) is 19.1 Å². The van der Waals surface area contributed by atoms with Crippen molar-refractivity contribution in [3.05, 3.63) is 17.8 Å². The molecule has 2 aromatic heterocycles. The first kappa shape index (κ1) is 11.2. The molecule has 3 aliphatic heterocycles. The highest BCUT2D eigenvalue weighted by Crippen LogP contribution is 2.38. The van der Waals surface area contributed by atoms with Crippen LogP contribution in [0, 0.1) is 12.8 Å². The van der Waals surface area contributed by atoms with Crippen LogP contribution in [0.4, 0.5) is 5.95 Å². The highest BCUT2D eigenvalue weighted by molar-refractivity contribution is 5.74. The monoisotopic (exact) mass is 257 g/mol. The number of anilines is 1. The van der Waals surface area contributed by atoms with E-state index in [2.05, 4.69) is 19.4 Å². The molecule has 1 unspecified atom stereocenters. The third kappa shape index (κ3) is 1.64. The average Bonchev–Trinajstić information content (AvgIpc) is 2.75. The van der Waals surface area contributed by atoms with Crippen LogP contribution < -0.4 is 5.73 Å². The topological polar surface area (TPSA) is 60.0 Å². The van der Waals surface area contributed by atoms with Crippen LogP contribution in [-0.2, 0) is 0 Å². The fourth-order valence-electron chi connectivity index (χ4n) is 3.64. The van der Waals surface area contributed by atoms with Crippen LogP contribution in [0.2, 0.25) is 0 Å². The summed E-state index contributed by atoms with van der Waals surface area (Å²) in [5, 5.41) is 0. The minimum Gasteiger partial charge on any atom is -0.369 e. The van der Waals surface area contributed by atoms with Gasteiger partial charge in [0.1, 0.15) is 5.52 Å². The summed E-state index contributed by atoms with van der Waals surface area (Å²) in [5.74, 6) is 1.35. The van der Waals surface area contributed by atoms with Crippen molar-refractivity contribution in [3.63, 3.8) is 0 Å². The van der Waals surface area contributed by atoms with E-state index >= 15 is 0 Å². The lowest BCUT2D eigenvalue weighted by Gasteiger charge is -2.45. The van der Waals surface area contributed by atoms with Gasteiger partial charge in [0.2, 0.25) is 5.95 Å². The van der Waals surface area contributed by atoms with Gasteiger partial charge in [0.25, 0.3) is 0 Å². The number of imidazole rings is 1. The molecule has 2 N–H and O–H groups in total. The number of hydrogen-bond acceptors (Lipinski definition) is 4. The SMILES string of the molecule is Cc1ccc2nc(N)n(C3CN4CCC3CC4)c2n1. The molecule has 5 nitrogen and oxygen atoms in total. The van der Waals surface area contributed by atoms with Crippen molar-refractivity contribution >= 4 is 17.1 Å². The number of nitrogens with two attached hydrogens (primary N) is 1. The van der Waals surface area contributed by atoms with Crippen molar-refractivity contribution in [2.45, 2.75) is 25.8 Å². The molecule has 19 heavy (non-hydrogen) atoms.